The van der Waals surface area contributed by atoms with Crippen molar-refractivity contribution in [1.82, 2.24) is 4.90 Å². The first-order valence-corrected chi connectivity index (χ1v) is 21.0. The summed E-state index contributed by atoms with van der Waals surface area (Å²) in [6, 6.07) is 0. The average Bonchev–Trinajstić information content (AvgIpc) is 3.64. The van der Waals surface area contributed by atoms with Gasteiger partial charge in [0.25, 0.3) is 0 Å². The van der Waals surface area contributed by atoms with Crippen LogP contribution >= 0.6 is 0 Å². The molecule has 1 aliphatic rings. The quantitative estimate of drug-likeness (QED) is 0.0488. The fraction of sp³-hybridized carbons (Fsp3) is 0.660. The molecule has 0 saturated carbocycles. The molecule has 1 fully saturated rings. The third-order valence-electron chi connectivity index (χ3n) is 8.91. The van der Waals surface area contributed by atoms with Crippen LogP contribution in [0.3, 0.4) is 0 Å². The van der Waals surface area contributed by atoms with Crippen LogP contribution in [0.2, 0.25) is 0 Å². The highest BCUT2D eigenvalue weighted by Gasteiger charge is 2.18. The lowest BCUT2D eigenvalue weighted by molar-refractivity contribution is -0.0314. The van der Waals surface area contributed by atoms with Crippen molar-refractivity contribution in [3.8, 4) is 0 Å². The lowest BCUT2D eigenvalue weighted by Gasteiger charge is -2.24. The molecule has 0 aromatic heterocycles. The van der Waals surface area contributed by atoms with E-state index in [1.54, 1.807) is 0 Å². The summed E-state index contributed by atoms with van der Waals surface area (Å²) in [6.45, 7) is 10.3. The van der Waals surface area contributed by atoms with Gasteiger partial charge in [-0.05, 0) is 129 Å². The number of nitrogens with zero attached hydrogens (tertiary/aromatic N) is 1. The van der Waals surface area contributed by atoms with Crippen molar-refractivity contribution in [2.24, 2.45) is 0 Å². The van der Waals surface area contributed by atoms with E-state index in [2.05, 4.69) is 116 Å². The first kappa shape index (κ1) is 45.8. The number of unbranched alkanes of at least 4 members (excludes halogenated alkanes) is 10. The van der Waals surface area contributed by atoms with E-state index in [-0.39, 0.29) is 6.10 Å². The first-order chi connectivity index (χ1) is 24.9. The fourth-order valence-corrected chi connectivity index (χ4v) is 5.82. The Bertz CT molecular complexity index is 931. The molecule has 0 spiro atoms. The Balaban J connectivity index is 2.05. The lowest BCUT2D eigenvalue weighted by Crippen LogP contribution is -2.35. The van der Waals surface area contributed by atoms with Gasteiger partial charge in [0.1, 0.15) is 0 Å². The standard InChI is InChI=1S/C47H79NO2/c1-3-5-7-9-11-13-15-17-19-21-23-25-27-29-31-33-35-39-43-49-46-47(45-48-41-37-38-42-48)50-44-40-36-34-32-30-28-26-24-22-20-18-16-14-12-10-8-6-4-2/h11-14,17-20,23-26,29-32,47H,3-10,15-16,21-22,27-28,33-46H2,1-2H3. The largest absolute Gasteiger partial charge is 0.379 e. The van der Waals surface area contributed by atoms with Gasteiger partial charge in [0, 0.05) is 19.8 Å². The molecule has 1 atom stereocenters. The minimum Gasteiger partial charge on any atom is -0.379 e. The number of likely N-dealkylation sites (tertiary alicyclic amines) is 1. The van der Waals surface area contributed by atoms with Gasteiger partial charge in [0.2, 0.25) is 0 Å². The van der Waals surface area contributed by atoms with E-state index < -0.39 is 0 Å². The molecule has 3 nitrogen and oxygen atoms in total. The maximum absolute atomic E-state index is 6.34. The predicted molar refractivity (Wildman–Crippen MR) is 223 cm³/mol. The van der Waals surface area contributed by atoms with Gasteiger partial charge in [-0.1, -0.05) is 137 Å². The Morgan fingerprint density at radius 3 is 1.20 bits per heavy atom. The highest BCUT2D eigenvalue weighted by atomic mass is 16.5. The predicted octanol–water partition coefficient (Wildman–Crippen LogP) is 13.8. The zero-order valence-electron chi connectivity index (χ0n) is 32.9. The number of hydrogen-bond acceptors (Lipinski definition) is 3. The fourth-order valence-electron chi connectivity index (χ4n) is 5.82. The third-order valence-corrected chi connectivity index (χ3v) is 8.91. The molecule has 0 bridgehead atoms. The van der Waals surface area contributed by atoms with Gasteiger partial charge in [0.05, 0.1) is 12.7 Å². The van der Waals surface area contributed by atoms with E-state index in [1.165, 1.54) is 90.1 Å². The zero-order valence-corrected chi connectivity index (χ0v) is 32.9. The van der Waals surface area contributed by atoms with E-state index >= 15 is 0 Å². The molecule has 0 aromatic rings. The Morgan fingerprint density at radius 1 is 0.440 bits per heavy atom. The van der Waals surface area contributed by atoms with E-state index in [4.69, 9.17) is 9.47 Å². The van der Waals surface area contributed by atoms with E-state index in [0.29, 0.717) is 0 Å². The van der Waals surface area contributed by atoms with Crippen LogP contribution in [0.25, 0.3) is 0 Å². The van der Waals surface area contributed by atoms with Crippen molar-refractivity contribution >= 4 is 0 Å². The van der Waals surface area contributed by atoms with Crippen LogP contribution in [0.5, 0.6) is 0 Å². The van der Waals surface area contributed by atoms with E-state index in [9.17, 15) is 0 Å². The first-order valence-electron chi connectivity index (χ1n) is 21.0. The summed E-state index contributed by atoms with van der Waals surface area (Å²) in [5.41, 5.74) is 0. The smallest absolute Gasteiger partial charge is 0.0934 e. The number of allylic oxidation sites excluding steroid dienone is 16. The highest BCUT2D eigenvalue weighted by Crippen LogP contribution is 2.11. The molecule has 3 heteroatoms. The van der Waals surface area contributed by atoms with Crippen molar-refractivity contribution < 1.29 is 9.47 Å². The van der Waals surface area contributed by atoms with Crippen molar-refractivity contribution in [1.29, 1.82) is 0 Å². The summed E-state index contributed by atoms with van der Waals surface area (Å²) >= 11 is 0. The summed E-state index contributed by atoms with van der Waals surface area (Å²) in [4.78, 5) is 2.55. The van der Waals surface area contributed by atoms with Gasteiger partial charge in [-0.15, -0.1) is 0 Å². The van der Waals surface area contributed by atoms with Crippen LogP contribution in [-0.2, 0) is 9.47 Å². The summed E-state index contributed by atoms with van der Waals surface area (Å²) in [5.74, 6) is 0. The van der Waals surface area contributed by atoms with Gasteiger partial charge in [-0.25, -0.2) is 0 Å². The Hall–Kier alpha value is -2.20. The maximum Gasteiger partial charge on any atom is 0.0934 e. The molecule has 1 aliphatic heterocycles. The lowest BCUT2D eigenvalue weighted by atomic mass is 10.2. The Morgan fingerprint density at radius 2 is 0.800 bits per heavy atom. The molecule has 1 heterocycles. The normalized spacial score (nSPS) is 15.6. The molecule has 0 aliphatic carbocycles. The molecule has 1 saturated heterocycles. The van der Waals surface area contributed by atoms with E-state index in [0.717, 1.165) is 90.6 Å². The van der Waals surface area contributed by atoms with Crippen LogP contribution in [0.1, 0.15) is 155 Å². The minimum absolute atomic E-state index is 0.193. The number of ether oxygens (including phenoxy) is 2. The maximum atomic E-state index is 6.34. The van der Waals surface area contributed by atoms with Gasteiger partial charge < -0.3 is 14.4 Å². The molecule has 0 N–H and O–H groups in total. The molecule has 0 radical (unpaired) electrons. The van der Waals surface area contributed by atoms with Gasteiger partial charge in [-0.3, -0.25) is 0 Å². The SMILES string of the molecule is CCCCCC=CCC=CCC=CCC=CCCCCOCC(CN1CCCC1)OCCCCC=CCC=CCC=CCC=CCCCCC. The average molecular weight is 690 g/mol. The summed E-state index contributed by atoms with van der Waals surface area (Å²) in [5, 5.41) is 0. The molecule has 0 amide bonds. The molecule has 0 aromatic carbocycles. The molecule has 284 valence electrons. The minimum atomic E-state index is 0.193. The van der Waals surface area contributed by atoms with Gasteiger partial charge in [0.15, 0.2) is 0 Å². The molecular formula is C47H79NO2. The van der Waals surface area contributed by atoms with Crippen LogP contribution in [0, 0.1) is 0 Å². The second kappa shape index (κ2) is 39.6. The van der Waals surface area contributed by atoms with Crippen molar-refractivity contribution in [2.45, 2.75) is 161 Å². The Labute approximate surface area is 311 Å². The molecular weight excluding hydrogens is 611 g/mol. The van der Waals surface area contributed by atoms with Crippen LogP contribution in [0.4, 0.5) is 0 Å². The third kappa shape index (κ3) is 34.3. The monoisotopic (exact) mass is 690 g/mol. The Kier molecular flexibility index (Phi) is 36.3. The highest BCUT2D eigenvalue weighted by molar-refractivity contribution is 5.00. The number of rotatable bonds is 35. The second-order valence-electron chi connectivity index (χ2n) is 13.7. The molecule has 1 rings (SSSR count). The summed E-state index contributed by atoms with van der Waals surface area (Å²) in [7, 11) is 0. The van der Waals surface area contributed by atoms with Gasteiger partial charge in [-0.2, -0.15) is 0 Å². The van der Waals surface area contributed by atoms with E-state index in [1.807, 2.05) is 0 Å². The molecule has 1 unspecified atom stereocenters. The number of hydrogen-bond donors (Lipinski definition) is 0. The van der Waals surface area contributed by atoms with Crippen LogP contribution in [0.15, 0.2) is 97.2 Å². The van der Waals surface area contributed by atoms with Crippen molar-refractivity contribution in [3.63, 3.8) is 0 Å². The summed E-state index contributed by atoms with van der Waals surface area (Å²) < 4.78 is 12.4. The molecule has 50 heavy (non-hydrogen) atoms. The topological polar surface area (TPSA) is 21.7 Å². The van der Waals surface area contributed by atoms with Crippen molar-refractivity contribution in [3.05, 3.63) is 97.2 Å². The second-order valence-corrected chi connectivity index (χ2v) is 13.7. The van der Waals surface area contributed by atoms with Crippen LogP contribution < -0.4 is 0 Å². The zero-order chi connectivity index (χ0) is 35.7. The van der Waals surface area contributed by atoms with Crippen molar-refractivity contribution in [2.75, 3.05) is 39.5 Å². The van der Waals surface area contributed by atoms with Gasteiger partial charge >= 0.3 is 0 Å². The van der Waals surface area contributed by atoms with Crippen LogP contribution in [-0.4, -0.2) is 50.5 Å². The summed E-state index contributed by atoms with van der Waals surface area (Å²) in [6.07, 6.45) is 63.0.